The number of aryl methyl sites for hydroxylation is 1. The third kappa shape index (κ3) is 2.06. The van der Waals surface area contributed by atoms with Gasteiger partial charge in [-0.25, -0.2) is 0 Å². The summed E-state index contributed by atoms with van der Waals surface area (Å²) >= 11 is 0. The lowest BCUT2D eigenvalue weighted by molar-refractivity contribution is 0.0833. The van der Waals surface area contributed by atoms with Crippen molar-refractivity contribution in [2.24, 2.45) is 0 Å². The van der Waals surface area contributed by atoms with Crippen LogP contribution in [0.4, 0.5) is 0 Å². The molecule has 0 amide bonds. The van der Waals surface area contributed by atoms with Gasteiger partial charge in [-0.1, -0.05) is 24.3 Å². The number of rotatable bonds is 1. The molecular formula is C13H19NO. The fourth-order valence-corrected chi connectivity index (χ4v) is 2.56. The molecule has 0 bridgehead atoms. The minimum atomic E-state index is -0.171. The normalized spacial score (nSPS) is 31.5. The summed E-state index contributed by atoms with van der Waals surface area (Å²) in [5.74, 6) is 0. The van der Waals surface area contributed by atoms with Gasteiger partial charge >= 0.3 is 0 Å². The van der Waals surface area contributed by atoms with E-state index in [2.05, 4.69) is 43.4 Å². The SMILES string of the molecule is Cc1ccccc1C1(C)CC(O)CCN1. The van der Waals surface area contributed by atoms with E-state index in [0.29, 0.717) is 0 Å². The first-order valence-corrected chi connectivity index (χ1v) is 5.61. The quantitative estimate of drug-likeness (QED) is 0.734. The number of nitrogens with one attached hydrogen (secondary N) is 1. The lowest BCUT2D eigenvalue weighted by Gasteiger charge is -2.39. The minimum Gasteiger partial charge on any atom is -0.393 e. The summed E-state index contributed by atoms with van der Waals surface area (Å²) in [6.45, 7) is 5.20. The standard InChI is InChI=1S/C13H19NO/c1-10-5-3-4-6-12(10)13(2)9-11(15)7-8-14-13/h3-6,11,14-15H,7-9H2,1-2H3. The third-order valence-corrected chi connectivity index (χ3v) is 3.38. The molecule has 2 rings (SSSR count). The Balaban J connectivity index is 2.32. The van der Waals surface area contributed by atoms with Gasteiger partial charge in [-0.15, -0.1) is 0 Å². The van der Waals surface area contributed by atoms with Gasteiger partial charge < -0.3 is 10.4 Å². The Labute approximate surface area is 91.3 Å². The Kier molecular flexibility index (Phi) is 2.81. The van der Waals surface area contributed by atoms with Crippen molar-refractivity contribution in [1.82, 2.24) is 5.32 Å². The van der Waals surface area contributed by atoms with Crippen molar-refractivity contribution in [2.45, 2.75) is 38.3 Å². The summed E-state index contributed by atoms with van der Waals surface area (Å²) in [7, 11) is 0. The Morgan fingerprint density at radius 1 is 1.40 bits per heavy atom. The number of piperidine rings is 1. The highest BCUT2D eigenvalue weighted by molar-refractivity contribution is 5.32. The van der Waals surface area contributed by atoms with Gasteiger partial charge in [0.25, 0.3) is 0 Å². The summed E-state index contributed by atoms with van der Waals surface area (Å²) in [6, 6.07) is 8.40. The molecule has 2 N–H and O–H groups in total. The highest BCUT2D eigenvalue weighted by atomic mass is 16.3. The van der Waals surface area contributed by atoms with E-state index in [4.69, 9.17) is 0 Å². The molecule has 2 heteroatoms. The average Bonchev–Trinajstić information content (AvgIpc) is 2.17. The summed E-state index contributed by atoms with van der Waals surface area (Å²) in [5, 5.41) is 13.3. The maximum Gasteiger partial charge on any atom is 0.0573 e. The van der Waals surface area contributed by atoms with Crippen molar-refractivity contribution in [3.8, 4) is 0 Å². The van der Waals surface area contributed by atoms with Crippen LogP contribution in [0.25, 0.3) is 0 Å². The lowest BCUT2D eigenvalue weighted by Crippen LogP contribution is -2.48. The first-order chi connectivity index (χ1) is 7.12. The van der Waals surface area contributed by atoms with Crippen LogP contribution in [0, 0.1) is 6.92 Å². The highest BCUT2D eigenvalue weighted by Gasteiger charge is 2.33. The summed E-state index contributed by atoms with van der Waals surface area (Å²) in [5.41, 5.74) is 2.54. The molecular weight excluding hydrogens is 186 g/mol. The van der Waals surface area contributed by atoms with Gasteiger partial charge in [0.2, 0.25) is 0 Å². The molecule has 1 saturated heterocycles. The Bertz CT molecular complexity index is 350. The molecule has 1 heterocycles. The zero-order valence-electron chi connectivity index (χ0n) is 9.46. The summed E-state index contributed by atoms with van der Waals surface area (Å²) < 4.78 is 0. The van der Waals surface area contributed by atoms with Crippen molar-refractivity contribution in [3.63, 3.8) is 0 Å². The van der Waals surface area contributed by atoms with Gasteiger partial charge in [-0.3, -0.25) is 0 Å². The molecule has 2 unspecified atom stereocenters. The molecule has 0 aromatic heterocycles. The zero-order valence-corrected chi connectivity index (χ0v) is 9.46. The molecule has 0 saturated carbocycles. The molecule has 1 aliphatic rings. The molecule has 82 valence electrons. The van der Waals surface area contributed by atoms with E-state index in [0.717, 1.165) is 19.4 Å². The van der Waals surface area contributed by atoms with E-state index in [9.17, 15) is 5.11 Å². The second-order valence-corrected chi connectivity index (χ2v) is 4.72. The Hall–Kier alpha value is -0.860. The maximum absolute atomic E-state index is 9.76. The van der Waals surface area contributed by atoms with Crippen molar-refractivity contribution in [3.05, 3.63) is 35.4 Å². The van der Waals surface area contributed by atoms with Crippen LogP contribution in [0.5, 0.6) is 0 Å². The van der Waals surface area contributed by atoms with Gasteiger partial charge in [0, 0.05) is 5.54 Å². The molecule has 0 spiro atoms. The molecule has 2 atom stereocenters. The van der Waals surface area contributed by atoms with Crippen molar-refractivity contribution < 1.29 is 5.11 Å². The molecule has 1 aromatic rings. The van der Waals surface area contributed by atoms with Gasteiger partial charge in [0.1, 0.15) is 0 Å². The number of aliphatic hydroxyl groups excluding tert-OH is 1. The fraction of sp³-hybridized carbons (Fsp3) is 0.538. The number of hydrogen-bond donors (Lipinski definition) is 2. The first kappa shape index (κ1) is 10.7. The molecule has 1 aromatic carbocycles. The van der Waals surface area contributed by atoms with Crippen LogP contribution in [0.3, 0.4) is 0 Å². The zero-order chi connectivity index (χ0) is 10.9. The average molecular weight is 205 g/mol. The second kappa shape index (κ2) is 3.95. The minimum absolute atomic E-state index is 0.0665. The Morgan fingerprint density at radius 3 is 2.80 bits per heavy atom. The molecule has 0 aliphatic carbocycles. The third-order valence-electron chi connectivity index (χ3n) is 3.38. The smallest absolute Gasteiger partial charge is 0.0573 e. The van der Waals surface area contributed by atoms with Crippen LogP contribution in [-0.4, -0.2) is 17.8 Å². The van der Waals surface area contributed by atoms with E-state index >= 15 is 0 Å². The van der Waals surface area contributed by atoms with E-state index in [1.54, 1.807) is 0 Å². The summed E-state index contributed by atoms with van der Waals surface area (Å²) in [6.07, 6.45) is 1.50. The highest BCUT2D eigenvalue weighted by Crippen LogP contribution is 2.31. The molecule has 15 heavy (non-hydrogen) atoms. The Morgan fingerprint density at radius 2 is 2.13 bits per heavy atom. The monoisotopic (exact) mass is 205 g/mol. The first-order valence-electron chi connectivity index (χ1n) is 5.61. The van der Waals surface area contributed by atoms with Crippen LogP contribution < -0.4 is 5.32 Å². The largest absolute Gasteiger partial charge is 0.393 e. The molecule has 2 nitrogen and oxygen atoms in total. The van der Waals surface area contributed by atoms with E-state index in [1.165, 1.54) is 11.1 Å². The van der Waals surface area contributed by atoms with E-state index in [-0.39, 0.29) is 11.6 Å². The topological polar surface area (TPSA) is 32.3 Å². The second-order valence-electron chi connectivity index (χ2n) is 4.72. The summed E-state index contributed by atoms with van der Waals surface area (Å²) in [4.78, 5) is 0. The van der Waals surface area contributed by atoms with Crippen molar-refractivity contribution in [2.75, 3.05) is 6.54 Å². The van der Waals surface area contributed by atoms with Gasteiger partial charge in [-0.2, -0.15) is 0 Å². The van der Waals surface area contributed by atoms with E-state index < -0.39 is 0 Å². The van der Waals surface area contributed by atoms with E-state index in [1.807, 2.05) is 0 Å². The predicted octanol–water partition coefficient (Wildman–Crippen LogP) is 1.95. The fourth-order valence-electron chi connectivity index (χ4n) is 2.56. The van der Waals surface area contributed by atoms with Crippen molar-refractivity contribution >= 4 is 0 Å². The molecule has 1 aliphatic heterocycles. The van der Waals surface area contributed by atoms with Crippen molar-refractivity contribution in [1.29, 1.82) is 0 Å². The lowest BCUT2D eigenvalue weighted by atomic mass is 9.81. The van der Waals surface area contributed by atoms with Gasteiger partial charge in [0.05, 0.1) is 6.10 Å². The number of hydrogen-bond acceptors (Lipinski definition) is 2. The molecule has 1 fully saturated rings. The van der Waals surface area contributed by atoms with Gasteiger partial charge in [0.15, 0.2) is 0 Å². The maximum atomic E-state index is 9.76. The van der Waals surface area contributed by atoms with Crippen LogP contribution >= 0.6 is 0 Å². The van der Waals surface area contributed by atoms with Crippen LogP contribution in [0.1, 0.15) is 30.9 Å². The van der Waals surface area contributed by atoms with Crippen LogP contribution in [0.2, 0.25) is 0 Å². The number of benzene rings is 1. The van der Waals surface area contributed by atoms with Gasteiger partial charge in [-0.05, 0) is 44.4 Å². The predicted molar refractivity (Wildman–Crippen MR) is 61.8 cm³/mol. The number of aliphatic hydroxyl groups is 1. The molecule has 0 radical (unpaired) electrons. The van der Waals surface area contributed by atoms with Crippen LogP contribution in [-0.2, 0) is 5.54 Å². The van der Waals surface area contributed by atoms with Crippen LogP contribution in [0.15, 0.2) is 24.3 Å².